The van der Waals surface area contributed by atoms with Crippen LogP contribution in [-0.4, -0.2) is 29.9 Å². The third kappa shape index (κ3) is 6.19. The zero-order valence-electron chi connectivity index (χ0n) is 29.4. The van der Waals surface area contributed by atoms with Crippen LogP contribution in [0.3, 0.4) is 0 Å². The Hall–Kier alpha value is -7.64. The van der Waals surface area contributed by atoms with Crippen LogP contribution in [0.1, 0.15) is 0 Å². The molecule has 3 aromatic heterocycles. The van der Waals surface area contributed by atoms with Crippen molar-refractivity contribution in [3.05, 3.63) is 182 Å². The van der Waals surface area contributed by atoms with E-state index in [-0.39, 0.29) is 0 Å². The molecular formula is C48H30N6O. The van der Waals surface area contributed by atoms with Crippen LogP contribution in [0, 0.1) is 0 Å². The summed E-state index contributed by atoms with van der Waals surface area (Å²) in [5, 5.41) is 1.93. The van der Waals surface area contributed by atoms with Crippen LogP contribution in [-0.2, 0) is 0 Å². The van der Waals surface area contributed by atoms with Gasteiger partial charge in [-0.2, -0.15) is 0 Å². The van der Waals surface area contributed by atoms with Gasteiger partial charge in [0.05, 0.1) is 5.56 Å². The highest BCUT2D eigenvalue weighted by molar-refractivity contribution is 6.09. The summed E-state index contributed by atoms with van der Waals surface area (Å²) in [5.41, 5.74) is 8.89. The summed E-state index contributed by atoms with van der Waals surface area (Å²) in [6, 6.07) is 60.8. The molecular weight excluding hydrogens is 677 g/mol. The van der Waals surface area contributed by atoms with Gasteiger partial charge in [-0.1, -0.05) is 164 Å². The molecule has 258 valence electrons. The number of fused-ring (bicyclic) bond motifs is 3. The summed E-state index contributed by atoms with van der Waals surface area (Å²) >= 11 is 0. The van der Waals surface area contributed by atoms with Gasteiger partial charge in [0.1, 0.15) is 11.2 Å². The molecule has 0 atom stereocenters. The number of furan rings is 1. The molecule has 0 N–H and O–H groups in total. The number of rotatable bonds is 7. The Morgan fingerprint density at radius 1 is 0.273 bits per heavy atom. The highest BCUT2D eigenvalue weighted by Gasteiger charge is 2.19. The topological polar surface area (TPSA) is 90.5 Å². The largest absolute Gasteiger partial charge is 0.455 e. The molecule has 0 bridgehead atoms. The molecule has 0 saturated carbocycles. The lowest BCUT2D eigenvalue weighted by Gasteiger charge is -2.09. The van der Waals surface area contributed by atoms with Crippen LogP contribution in [0.4, 0.5) is 0 Å². The van der Waals surface area contributed by atoms with Gasteiger partial charge < -0.3 is 4.42 Å². The summed E-state index contributed by atoms with van der Waals surface area (Å²) in [7, 11) is 0. The second-order valence-corrected chi connectivity index (χ2v) is 13.1. The zero-order chi connectivity index (χ0) is 36.6. The van der Waals surface area contributed by atoms with E-state index < -0.39 is 0 Å². The molecule has 10 aromatic rings. The number of benzene rings is 7. The summed E-state index contributed by atoms with van der Waals surface area (Å²) in [6.07, 6.45) is 0. The van der Waals surface area contributed by atoms with Gasteiger partial charge in [-0.05, 0) is 29.3 Å². The van der Waals surface area contributed by atoms with Crippen molar-refractivity contribution in [2.75, 3.05) is 0 Å². The van der Waals surface area contributed by atoms with Crippen molar-refractivity contribution >= 4 is 21.9 Å². The molecule has 0 saturated heterocycles. The van der Waals surface area contributed by atoms with Gasteiger partial charge in [-0.25, -0.2) is 29.9 Å². The summed E-state index contributed by atoms with van der Waals surface area (Å²) in [6.45, 7) is 0. The lowest BCUT2D eigenvalue weighted by Crippen LogP contribution is -2.00. The first kappa shape index (κ1) is 32.0. The molecule has 7 aromatic carbocycles. The zero-order valence-corrected chi connectivity index (χ0v) is 29.4. The number of para-hydroxylation sites is 1. The Labute approximate surface area is 316 Å². The maximum atomic E-state index is 6.70. The van der Waals surface area contributed by atoms with Crippen molar-refractivity contribution < 1.29 is 4.42 Å². The fourth-order valence-electron chi connectivity index (χ4n) is 6.84. The molecule has 7 heteroatoms. The van der Waals surface area contributed by atoms with Gasteiger partial charge in [0.2, 0.25) is 0 Å². The fourth-order valence-corrected chi connectivity index (χ4v) is 6.84. The summed E-state index contributed by atoms with van der Waals surface area (Å²) < 4.78 is 6.70. The molecule has 0 spiro atoms. The Morgan fingerprint density at radius 3 is 1.16 bits per heavy atom. The molecule has 3 heterocycles. The molecule has 0 aliphatic heterocycles. The first-order chi connectivity index (χ1) is 27.2. The predicted molar refractivity (Wildman–Crippen MR) is 219 cm³/mol. The molecule has 10 rings (SSSR count). The van der Waals surface area contributed by atoms with Gasteiger partial charge in [0.25, 0.3) is 0 Å². The summed E-state index contributed by atoms with van der Waals surface area (Å²) in [4.78, 5) is 29.7. The van der Waals surface area contributed by atoms with E-state index in [9.17, 15) is 0 Å². The Kier molecular flexibility index (Phi) is 8.00. The Morgan fingerprint density at radius 2 is 0.655 bits per heavy atom. The number of hydrogen-bond donors (Lipinski definition) is 0. The molecule has 7 nitrogen and oxygen atoms in total. The van der Waals surface area contributed by atoms with Gasteiger partial charge in [0, 0.05) is 38.6 Å². The Bertz CT molecular complexity index is 2890. The highest BCUT2D eigenvalue weighted by Crippen LogP contribution is 2.37. The summed E-state index contributed by atoms with van der Waals surface area (Å²) in [5.74, 6) is 3.46. The van der Waals surface area contributed by atoms with E-state index in [0.29, 0.717) is 46.1 Å². The monoisotopic (exact) mass is 706 g/mol. The fraction of sp³-hybridized carbons (Fsp3) is 0. The number of aromatic nitrogens is 6. The SMILES string of the molecule is c1ccc(-c2ccc(-c3nc(-c4ccccc4)nc(-c4ccc5c(c4)oc4c(-c6nc(-c7ccccc7)nc(-c7ccccc7)n6)cccc45)n3)cc2)cc1. The second kappa shape index (κ2) is 13.7. The molecule has 0 aliphatic rings. The van der Waals surface area contributed by atoms with Gasteiger partial charge in [-0.15, -0.1) is 0 Å². The first-order valence-electron chi connectivity index (χ1n) is 18.0. The average molecular weight is 707 g/mol. The molecule has 55 heavy (non-hydrogen) atoms. The van der Waals surface area contributed by atoms with Crippen LogP contribution >= 0.6 is 0 Å². The van der Waals surface area contributed by atoms with E-state index in [0.717, 1.165) is 55.3 Å². The van der Waals surface area contributed by atoms with Crippen LogP contribution in [0.2, 0.25) is 0 Å². The van der Waals surface area contributed by atoms with Crippen LogP contribution in [0.5, 0.6) is 0 Å². The van der Waals surface area contributed by atoms with E-state index in [1.54, 1.807) is 0 Å². The smallest absolute Gasteiger partial charge is 0.167 e. The maximum absolute atomic E-state index is 6.70. The third-order valence-corrected chi connectivity index (χ3v) is 9.61. The minimum absolute atomic E-state index is 0.533. The molecule has 0 radical (unpaired) electrons. The minimum Gasteiger partial charge on any atom is -0.455 e. The average Bonchev–Trinajstić information content (AvgIpc) is 3.66. The van der Waals surface area contributed by atoms with E-state index in [1.165, 1.54) is 0 Å². The van der Waals surface area contributed by atoms with Crippen molar-refractivity contribution in [1.82, 2.24) is 29.9 Å². The van der Waals surface area contributed by atoms with Gasteiger partial charge in [0.15, 0.2) is 34.9 Å². The number of hydrogen-bond acceptors (Lipinski definition) is 7. The van der Waals surface area contributed by atoms with E-state index >= 15 is 0 Å². The standard InChI is InChI=1S/C48H30N6O/c1-5-14-31(15-6-1)32-24-26-36(27-25-32)46-49-43(33-16-7-2-8-17-33)51-47(52-46)37-28-29-38-39-22-13-23-40(42(39)55-41(38)30-37)48-53-44(34-18-9-3-10-19-34)50-45(54-48)35-20-11-4-12-21-35/h1-30H. The van der Waals surface area contributed by atoms with Crippen molar-refractivity contribution in [2.45, 2.75) is 0 Å². The highest BCUT2D eigenvalue weighted by atomic mass is 16.3. The van der Waals surface area contributed by atoms with Gasteiger partial charge in [-0.3, -0.25) is 0 Å². The van der Waals surface area contributed by atoms with Crippen molar-refractivity contribution in [2.24, 2.45) is 0 Å². The van der Waals surface area contributed by atoms with Crippen LogP contribution in [0.15, 0.2) is 186 Å². The van der Waals surface area contributed by atoms with Gasteiger partial charge >= 0.3 is 0 Å². The van der Waals surface area contributed by atoms with Crippen molar-refractivity contribution in [3.8, 4) is 79.5 Å². The maximum Gasteiger partial charge on any atom is 0.167 e. The Balaban J connectivity index is 1.09. The molecule has 0 aliphatic carbocycles. The van der Waals surface area contributed by atoms with Crippen LogP contribution < -0.4 is 0 Å². The van der Waals surface area contributed by atoms with E-state index in [2.05, 4.69) is 48.5 Å². The third-order valence-electron chi connectivity index (χ3n) is 9.61. The lowest BCUT2D eigenvalue weighted by atomic mass is 10.0. The van der Waals surface area contributed by atoms with Crippen LogP contribution in [0.25, 0.3) is 101 Å². The van der Waals surface area contributed by atoms with E-state index in [4.69, 9.17) is 34.3 Å². The molecule has 0 unspecified atom stereocenters. The quantitative estimate of drug-likeness (QED) is 0.163. The van der Waals surface area contributed by atoms with Crippen molar-refractivity contribution in [3.63, 3.8) is 0 Å². The second-order valence-electron chi connectivity index (χ2n) is 13.1. The van der Waals surface area contributed by atoms with E-state index in [1.807, 2.05) is 133 Å². The normalized spacial score (nSPS) is 11.3. The lowest BCUT2D eigenvalue weighted by molar-refractivity contribution is 0.669. The first-order valence-corrected chi connectivity index (χ1v) is 18.0. The minimum atomic E-state index is 0.533. The number of nitrogens with zero attached hydrogens (tertiary/aromatic N) is 6. The molecule has 0 fully saturated rings. The predicted octanol–water partition coefficient (Wildman–Crippen LogP) is 11.6. The van der Waals surface area contributed by atoms with Crippen molar-refractivity contribution in [1.29, 1.82) is 0 Å². The molecule has 0 amide bonds.